The van der Waals surface area contributed by atoms with Gasteiger partial charge in [-0.15, -0.1) is 0 Å². The topological polar surface area (TPSA) is 72.9 Å². The second-order valence-electron chi connectivity index (χ2n) is 5.10. The van der Waals surface area contributed by atoms with E-state index in [1.807, 2.05) is 12.5 Å². The summed E-state index contributed by atoms with van der Waals surface area (Å²) >= 11 is 0. The normalized spacial score (nSPS) is 17.2. The number of rotatable bonds is 7. The molecule has 0 spiro atoms. The van der Waals surface area contributed by atoms with Crippen molar-refractivity contribution in [1.29, 1.82) is 0 Å². The van der Waals surface area contributed by atoms with E-state index in [1.165, 1.54) is 0 Å². The van der Waals surface area contributed by atoms with E-state index < -0.39 is 0 Å². The summed E-state index contributed by atoms with van der Waals surface area (Å²) in [5.41, 5.74) is 5.45. The first-order chi connectivity index (χ1) is 8.77. The number of aryl methyl sites for hydroxylation is 1. The van der Waals surface area contributed by atoms with Crippen LogP contribution in [0.2, 0.25) is 0 Å². The van der Waals surface area contributed by atoms with E-state index in [0.29, 0.717) is 6.54 Å². The number of hydrogen-bond donors (Lipinski definition) is 2. The van der Waals surface area contributed by atoms with Crippen LogP contribution in [0.25, 0.3) is 0 Å². The van der Waals surface area contributed by atoms with Crippen LogP contribution in [0.3, 0.4) is 0 Å². The molecule has 0 radical (unpaired) electrons. The van der Waals surface area contributed by atoms with Gasteiger partial charge in [-0.1, -0.05) is 6.42 Å². The van der Waals surface area contributed by atoms with Crippen LogP contribution >= 0.6 is 0 Å². The Labute approximate surface area is 108 Å². The average Bonchev–Trinajstić information content (AvgIpc) is 2.81. The number of unbranched alkanes of at least 4 members (excludes halogenated alkanes) is 1. The summed E-state index contributed by atoms with van der Waals surface area (Å²) in [5, 5.41) is 3.01. The molecule has 5 heteroatoms. The van der Waals surface area contributed by atoms with Crippen molar-refractivity contribution in [2.45, 2.75) is 38.6 Å². The summed E-state index contributed by atoms with van der Waals surface area (Å²) in [7, 11) is 0. The quantitative estimate of drug-likeness (QED) is 0.706. The molecule has 0 saturated heterocycles. The van der Waals surface area contributed by atoms with Crippen LogP contribution in [0.15, 0.2) is 18.7 Å². The molecule has 1 aliphatic rings. The van der Waals surface area contributed by atoms with Crippen molar-refractivity contribution in [2.24, 2.45) is 11.1 Å². The van der Waals surface area contributed by atoms with Gasteiger partial charge in [0, 0.05) is 32.0 Å². The highest BCUT2D eigenvalue weighted by Crippen LogP contribution is 2.39. The van der Waals surface area contributed by atoms with E-state index in [4.69, 9.17) is 5.73 Å². The Hall–Kier alpha value is -1.36. The molecule has 100 valence electrons. The minimum absolute atomic E-state index is 0.152. The smallest absolute Gasteiger partial charge is 0.227 e. The molecule has 0 aromatic carbocycles. The van der Waals surface area contributed by atoms with Crippen LogP contribution in [0.1, 0.15) is 32.1 Å². The number of amides is 1. The second-order valence-corrected chi connectivity index (χ2v) is 5.10. The third-order valence-electron chi connectivity index (χ3n) is 3.87. The van der Waals surface area contributed by atoms with Crippen LogP contribution < -0.4 is 11.1 Å². The molecule has 1 amide bonds. The summed E-state index contributed by atoms with van der Waals surface area (Å²) in [5.74, 6) is 0.152. The highest BCUT2D eigenvalue weighted by molar-refractivity contribution is 5.83. The van der Waals surface area contributed by atoms with Gasteiger partial charge in [0.15, 0.2) is 0 Å². The molecule has 1 fully saturated rings. The Bertz CT molecular complexity index is 365. The fourth-order valence-electron chi connectivity index (χ4n) is 2.36. The Kier molecular flexibility index (Phi) is 4.36. The Morgan fingerprint density at radius 1 is 1.44 bits per heavy atom. The molecular formula is C13H22N4O. The number of nitrogens with zero attached hydrogens (tertiary/aromatic N) is 2. The van der Waals surface area contributed by atoms with Gasteiger partial charge < -0.3 is 15.6 Å². The van der Waals surface area contributed by atoms with E-state index in [-0.39, 0.29) is 11.3 Å². The van der Waals surface area contributed by atoms with Gasteiger partial charge >= 0.3 is 0 Å². The lowest BCUT2D eigenvalue weighted by molar-refractivity contribution is -0.135. The van der Waals surface area contributed by atoms with Crippen molar-refractivity contribution in [3.63, 3.8) is 0 Å². The highest BCUT2D eigenvalue weighted by atomic mass is 16.2. The van der Waals surface area contributed by atoms with Crippen LogP contribution in [-0.4, -0.2) is 28.5 Å². The fourth-order valence-corrected chi connectivity index (χ4v) is 2.36. The Morgan fingerprint density at radius 3 is 2.83 bits per heavy atom. The molecule has 2 rings (SSSR count). The zero-order chi connectivity index (χ0) is 12.8. The van der Waals surface area contributed by atoms with Crippen molar-refractivity contribution < 1.29 is 4.79 Å². The summed E-state index contributed by atoms with van der Waals surface area (Å²) in [4.78, 5) is 16.0. The van der Waals surface area contributed by atoms with Crippen LogP contribution in [0.5, 0.6) is 0 Å². The van der Waals surface area contributed by atoms with Gasteiger partial charge in [-0.05, 0) is 25.7 Å². The lowest BCUT2D eigenvalue weighted by atomic mass is 9.68. The van der Waals surface area contributed by atoms with Crippen LogP contribution in [-0.2, 0) is 11.3 Å². The SMILES string of the molecule is NCC1(C(=O)NCCCCn2ccnc2)CCC1. The summed E-state index contributed by atoms with van der Waals surface area (Å²) in [6.07, 6.45) is 10.6. The number of carbonyl (C=O) groups is 1. The maximum Gasteiger partial charge on any atom is 0.227 e. The number of nitrogens with one attached hydrogen (secondary N) is 1. The number of nitrogens with two attached hydrogens (primary N) is 1. The van der Waals surface area contributed by atoms with Crippen molar-refractivity contribution >= 4 is 5.91 Å². The van der Waals surface area contributed by atoms with E-state index in [9.17, 15) is 4.79 Å². The summed E-state index contributed by atoms with van der Waals surface area (Å²) < 4.78 is 2.05. The Morgan fingerprint density at radius 2 is 2.28 bits per heavy atom. The largest absolute Gasteiger partial charge is 0.356 e. The van der Waals surface area contributed by atoms with E-state index in [0.717, 1.165) is 45.2 Å². The zero-order valence-corrected chi connectivity index (χ0v) is 10.8. The van der Waals surface area contributed by atoms with E-state index >= 15 is 0 Å². The third-order valence-corrected chi connectivity index (χ3v) is 3.87. The van der Waals surface area contributed by atoms with E-state index in [2.05, 4.69) is 14.9 Å². The molecule has 1 heterocycles. The first-order valence-corrected chi connectivity index (χ1v) is 6.71. The zero-order valence-electron chi connectivity index (χ0n) is 10.8. The maximum absolute atomic E-state index is 12.0. The molecule has 3 N–H and O–H groups in total. The monoisotopic (exact) mass is 250 g/mol. The Balaban J connectivity index is 1.59. The number of carbonyl (C=O) groups excluding carboxylic acids is 1. The van der Waals surface area contributed by atoms with Crippen molar-refractivity contribution in [2.75, 3.05) is 13.1 Å². The lowest BCUT2D eigenvalue weighted by Crippen LogP contribution is -2.50. The molecule has 1 aliphatic carbocycles. The van der Waals surface area contributed by atoms with Gasteiger partial charge in [0.05, 0.1) is 11.7 Å². The number of hydrogen-bond acceptors (Lipinski definition) is 3. The predicted octanol–water partition coefficient (Wildman–Crippen LogP) is 0.908. The molecule has 0 bridgehead atoms. The number of imidazole rings is 1. The van der Waals surface area contributed by atoms with Gasteiger partial charge in [0.2, 0.25) is 5.91 Å². The maximum atomic E-state index is 12.0. The predicted molar refractivity (Wildman–Crippen MR) is 69.8 cm³/mol. The minimum Gasteiger partial charge on any atom is -0.356 e. The van der Waals surface area contributed by atoms with Crippen LogP contribution in [0.4, 0.5) is 0 Å². The van der Waals surface area contributed by atoms with Crippen molar-refractivity contribution in [3.05, 3.63) is 18.7 Å². The fraction of sp³-hybridized carbons (Fsp3) is 0.692. The molecule has 5 nitrogen and oxygen atoms in total. The van der Waals surface area contributed by atoms with Gasteiger partial charge in [0.1, 0.15) is 0 Å². The highest BCUT2D eigenvalue weighted by Gasteiger charge is 2.42. The molecule has 18 heavy (non-hydrogen) atoms. The van der Waals surface area contributed by atoms with Gasteiger partial charge in [-0.25, -0.2) is 4.98 Å². The molecule has 0 atom stereocenters. The molecule has 1 aromatic rings. The summed E-state index contributed by atoms with van der Waals surface area (Å²) in [6, 6.07) is 0. The molecular weight excluding hydrogens is 228 g/mol. The van der Waals surface area contributed by atoms with Crippen LogP contribution in [0, 0.1) is 5.41 Å². The molecule has 0 unspecified atom stereocenters. The van der Waals surface area contributed by atoms with Gasteiger partial charge in [-0.3, -0.25) is 4.79 Å². The molecule has 1 saturated carbocycles. The van der Waals surface area contributed by atoms with E-state index in [1.54, 1.807) is 6.20 Å². The number of aromatic nitrogens is 2. The molecule has 0 aliphatic heterocycles. The van der Waals surface area contributed by atoms with Gasteiger partial charge in [0.25, 0.3) is 0 Å². The molecule has 1 aromatic heterocycles. The first kappa shape index (κ1) is 13.1. The second kappa shape index (κ2) is 6.00. The minimum atomic E-state index is -0.246. The average molecular weight is 250 g/mol. The first-order valence-electron chi connectivity index (χ1n) is 6.71. The van der Waals surface area contributed by atoms with Gasteiger partial charge in [-0.2, -0.15) is 0 Å². The summed E-state index contributed by atoms with van der Waals surface area (Å²) in [6.45, 7) is 2.18. The van der Waals surface area contributed by atoms with Crippen molar-refractivity contribution in [3.8, 4) is 0 Å². The third kappa shape index (κ3) is 2.90. The standard InChI is InChI=1S/C13H22N4O/c14-10-13(4-3-5-13)12(18)16-6-1-2-8-17-9-7-15-11-17/h7,9,11H,1-6,8,10,14H2,(H,16,18). The van der Waals surface area contributed by atoms with Crippen molar-refractivity contribution in [1.82, 2.24) is 14.9 Å². The lowest BCUT2D eigenvalue weighted by Gasteiger charge is -2.39.